The van der Waals surface area contributed by atoms with E-state index in [0.717, 1.165) is 40.7 Å². The van der Waals surface area contributed by atoms with E-state index in [2.05, 4.69) is 49.8 Å². The monoisotopic (exact) mass is 407 g/mol. The summed E-state index contributed by atoms with van der Waals surface area (Å²) in [6.07, 6.45) is 4.84. The number of hydrogen-bond acceptors (Lipinski definition) is 4. The second-order valence-electron chi connectivity index (χ2n) is 8.98. The van der Waals surface area contributed by atoms with Crippen LogP contribution < -0.4 is 4.74 Å². The number of ketones is 1. The molecule has 0 aliphatic heterocycles. The number of nitrogens with one attached hydrogen (secondary N) is 1. The number of aromatic nitrogens is 3. The average Bonchev–Trinajstić information content (AvgIpc) is 3.19. The fraction of sp³-hybridized carbons (Fsp3) is 0.480. The van der Waals surface area contributed by atoms with E-state index in [0.29, 0.717) is 25.3 Å². The molecule has 5 nitrogen and oxygen atoms in total. The SMILES string of the molecule is CCCCOc1nc(C(C)(C)C)ccc1CCC(=O)C(C)c1ccc2nc[nH]c2c1. The molecule has 0 amide bonds. The summed E-state index contributed by atoms with van der Waals surface area (Å²) >= 11 is 0. The van der Waals surface area contributed by atoms with Crippen LogP contribution in [-0.2, 0) is 16.6 Å². The normalized spacial score (nSPS) is 12.8. The lowest BCUT2D eigenvalue weighted by molar-refractivity contribution is -0.120. The molecule has 1 aromatic carbocycles. The molecule has 0 aliphatic carbocycles. The van der Waals surface area contributed by atoms with Crippen molar-refractivity contribution < 1.29 is 9.53 Å². The van der Waals surface area contributed by atoms with Gasteiger partial charge in [-0.25, -0.2) is 9.97 Å². The number of aryl methyl sites for hydroxylation is 1. The molecule has 0 radical (unpaired) electrons. The van der Waals surface area contributed by atoms with Crippen molar-refractivity contribution >= 4 is 16.8 Å². The van der Waals surface area contributed by atoms with Gasteiger partial charge in [-0.1, -0.05) is 53.2 Å². The number of fused-ring (bicyclic) bond motifs is 1. The molecule has 3 rings (SSSR count). The van der Waals surface area contributed by atoms with Crippen LogP contribution in [0.15, 0.2) is 36.7 Å². The fourth-order valence-electron chi connectivity index (χ4n) is 3.40. The first-order valence-electron chi connectivity index (χ1n) is 10.9. The average molecular weight is 408 g/mol. The van der Waals surface area contributed by atoms with Gasteiger partial charge in [0.2, 0.25) is 5.88 Å². The van der Waals surface area contributed by atoms with Crippen LogP contribution in [0.1, 0.15) is 76.6 Å². The molecule has 0 saturated carbocycles. The van der Waals surface area contributed by atoms with Crippen LogP contribution >= 0.6 is 0 Å². The first-order chi connectivity index (χ1) is 14.3. The Kier molecular flexibility index (Phi) is 6.91. The molecular formula is C25H33N3O2. The Hall–Kier alpha value is -2.69. The lowest BCUT2D eigenvalue weighted by Gasteiger charge is -2.20. The third-order valence-electron chi connectivity index (χ3n) is 5.51. The largest absolute Gasteiger partial charge is 0.477 e. The van der Waals surface area contributed by atoms with Crippen molar-refractivity contribution in [3.63, 3.8) is 0 Å². The van der Waals surface area contributed by atoms with Crippen molar-refractivity contribution in [3.05, 3.63) is 53.5 Å². The Morgan fingerprint density at radius 2 is 2.00 bits per heavy atom. The molecule has 0 aliphatic rings. The Labute approximate surface area is 179 Å². The zero-order chi connectivity index (χ0) is 21.7. The van der Waals surface area contributed by atoms with Crippen molar-refractivity contribution in [2.45, 2.75) is 71.6 Å². The zero-order valence-electron chi connectivity index (χ0n) is 18.8. The summed E-state index contributed by atoms with van der Waals surface area (Å²) in [5.41, 5.74) is 4.85. The summed E-state index contributed by atoms with van der Waals surface area (Å²) in [5, 5.41) is 0. The second-order valence-corrected chi connectivity index (χ2v) is 8.98. The van der Waals surface area contributed by atoms with E-state index < -0.39 is 0 Å². The maximum atomic E-state index is 12.9. The second kappa shape index (κ2) is 9.41. The number of rotatable bonds is 9. The van der Waals surface area contributed by atoms with Crippen LogP contribution in [0.25, 0.3) is 11.0 Å². The number of imidazole rings is 1. The lowest BCUT2D eigenvalue weighted by atomic mass is 9.90. The van der Waals surface area contributed by atoms with Crippen LogP contribution in [0.5, 0.6) is 5.88 Å². The maximum absolute atomic E-state index is 12.9. The summed E-state index contributed by atoms with van der Waals surface area (Å²) in [6.45, 7) is 11.2. The van der Waals surface area contributed by atoms with Gasteiger partial charge in [0.05, 0.1) is 24.0 Å². The minimum Gasteiger partial charge on any atom is -0.477 e. The number of ether oxygens (including phenoxy) is 1. The topological polar surface area (TPSA) is 67.9 Å². The third-order valence-corrected chi connectivity index (χ3v) is 5.51. The number of carbonyl (C=O) groups excluding carboxylic acids is 1. The van der Waals surface area contributed by atoms with E-state index in [1.807, 2.05) is 25.1 Å². The Bertz CT molecular complexity index is 1000. The zero-order valence-corrected chi connectivity index (χ0v) is 18.8. The number of Topliss-reactive ketones (excluding diaryl/α,β-unsaturated/α-hetero) is 1. The Morgan fingerprint density at radius 3 is 2.73 bits per heavy atom. The number of H-pyrrole nitrogens is 1. The van der Waals surface area contributed by atoms with E-state index in [1.54, 1.807) is 6.33 Å². The molecule has 1 unspecified atom stereocenters. The number of unbranched alkanes of at least 4 members (excludes halogenated alkanes) is 1. The van der Waals surface area contributed by atoms with Crippen molar-refractivity contribution in [2.75, 3.05) is 6.61 Å². The summed E-state index contributed by atoms with van der Waals surface area (Å²) < 4.78 is 6.00. The highest BCUT2D eigenvalue weighted by Crippen LogP contribution is 2.27. The highest BCUT2D eigenvalue weighted by Gasteiger charge is 2.20. The van der Waals surface area contributed by atoms with E-state index in [9.17, 15) is 4.79 Å². The Balaban J connectivity index is 1.71. The van der Waals surface area contributed by atoms with E-state index >= 15 is 0 Å². The van der Waals surface area contributed by atoms with Crippen LogP contribution in [-0.4, -0.2) is 27.3 Å². The highest BCUT2D eigenvalue weighted by atomic mass is 16.5. The summed E-state index contributed by atoms with van der Waals surface area (Å²) in [4.78, 5) is 25.0. The van der Waals surface area contributed by atoms with Gasteiger partial charge >= 0.3 is 0 Å². The van der Waals surface area contributed by atoms with Gasteiger partial charge in [0, 0.05) is 29.0 Å². The molecule has 0 bridgehead atoms. The van der Waals surface area contributed by atoms with Gasteiger partial charge in [0.1, 0.15) is 5.78 Å². The van der Waals surface area contributed by atoms with Gasteiger partial charge in [-0.3, -0.25) is 4.79 Å². The van der Waals surface area contributed by atoms with E-state index in [1.165, 1.54) is 0 Å². The smallest absolute Gasteiger partial charge is 0.216 e. The van der Waals surface area contributed by atoms with Crippen LogP contribution in [0, 0.1) is 0 Å². The quantitative estimate of drug-likeness (QED) is 0.459. The first-order valence-corrected chi connectivity index (χ1v) is 10.9. The molecule has 30 heavy (non-hydrogen) atoms. The van der Waals surface area contributed by atoms with Gasteiger partial charge in [-0.15, -0.1) is 0 Å². The summed E-state index contributed by atoms with van der Waals surface area (Å²) in [7, 11) is 0. The molecule has 0 spiro atoms. The summed E-state index contributed by atoms with van der Waals surface area (Å²) in [5.74, 6) is 0.729. The van der Waals surface area contributed by atoms with Gasteiger partial charge < -0.3 is 9.72 Å². The minimum absolute atomic E-state index is 0.0446. The van der Waals surface area contributed by atoms with Gasteiger partial charge in [-0.05, 0) is 36.6 Å². The van der Waals surface area contributed by atoms with Crippen LogP contribution in [0.4, 0.5) is 0 Å². The molecule has 1 N–H and O–H groups in total. The molecule has 3 aromatic rings. The van der Waals surface area contributed by atoms with Crippen molar-refractivity contribution in [3.8, 4) is 5.88 Å². The molecular weight excluding hydrogens is 374 g/mol. The number of carbonyl (C=O) groups is 1. The van der Waals surface area contributed by atoms with Crippen molar-refractivity contribution in [2.24, 2.45) is 0 Å². The van der Waals surface area contributed by atoms with Crippen LogP contribution in [0.3, 0.4) is 0 Å². The molecule has 2 aromatic heterocycles. The molecule has 2 heterocycles. The maximum Gasteiger partial charge on any atom is 0.216 e. The number of pyridine rings is 1. The predicted octanol–water partition coefficient (Wildman–Crippen LogP) is 5.74. The lowest BCUT2D eigenvalue weighted by Crippen LogP contribution is -2.16. The first kappa shape index (κ1) is 22.0. The van der Waals surface area contributed by atoms with Gasteiger partial charge in [0.15, 0.2) is 0 Å². The van der Waals surface area contributed by atoms with Crippen LogP contribution in [0.2, 0.25) is 0 Å². The highest BCUT2D eigenvalue weighted by molar-refractivity contribution is 5.87. The molecule has 0 saturated heterocycles. The fourth-order valence-corrected chi connectivity index (χ4v) is 3.40. The minimum atomic E-state index is -0.163. The molecule has 1 atom stereocenters. The molecule has 5 heteroatoms. The van der Waals surface area contributed by atoms with Gasteiger partial charge in [-0.2, -0.15) is 0 Å². The Morgan fingerprint density at radius 1 is 1.20 bits per heavy atom. The van der Waals surface area contributed by atoms with Gasteiger partial charge in [0.25, 0.3) is 0 Å². The number of benzene rings is 1. The third kappa shape index (κ3) is 5.26. The number of nitrogens with zero attached hydrogens (tertiary/aromatic N) is 2. The molecule has 0 fully saturated rings. The molecule has 160 valence electrons. The van der Waals surface area contributed by atoms with E-state index in [4.69, 9.17) is 9.72 Å². The predicted molar refractivity (Wildman–Crippen MR) is 121 cm³/mol. The van der Waals surface area contributed by atoms with Crippen molar-refractivity contribution in [1.82, 2.24) is 15.0 Å². The standard InChI is InChI=1S/C25H33N3O2/c1-6-7-14-30-24-18(10-13-23(28-24)25(3,4)5)9-12-22(29)17(2)19-8-11-20-21(15-19)27-16-26-20/h8,10-11,13,15-17H,6-7,9,12,14H2,1-5H3,(H,26,27). The summed E-state index contributed by atoms with van der Waals surface area (Å²) in [6, 6.07) is 10.1. The van der Waals surface area contributed by atoms with E-state index in [-0.39, 0.29) is 17.1 Å². The number of hydrogen-bond donors (Lipinski definition) is 1. The van der Waals surface area contributed by atoms with Crippen molar-refractivity contribution in [1.29, 1.82) is 0 Å². The number of aromatic amines is 1.